The van der Waals surface area contributed by atoms with E-state index in [2.05, 4.69) is 61.1 Å². The standard InChI is InChI=1S/C21H25BrN4O.HI/c1-15(27)26-19-8-3-5-16(11-19)13-24-20(23-2)25-14-21(9-10-21)17-6-4-7-18(22)12-17;/h3-8,11-12H,9-10,13-14H2,1-2H3,(H,26,27)(H2,23,24,25);1H. The van der Waals surface area contributed by atoms with Crippen molar-refractivity contribution < 1.29 is 4.79 Å². The van der Waals surface area contributed by atoms with Crippen LogP contribution in [0.3, 0.4) is 0 Å². The average Bonchev–Trinajstić information content (AvgIpc) is 3.43. The van der Waals surface area contributed by atoms with Crippen LogP contribution in [0.5, 0.6) is 0 Å². The zero-order valence-corrected chi connectivity index (χ0v) is 20.0. The molecule has 3 N–H and O–H groups in total. The minimum absolute atomic E-state index is 0. The SMILES string of the molecule is CN=C(NCc1cccc(NC(C)=O)c1)NCC1(c2cccc(Br)c2)CC1.I. The number of carbonyl (C=O) groups excluding carboxylic acids is 1. The summed E-state index contributed by atoms with van der Waals surface area (Å²) in [5, 5.41) is 9.61. The van der Waals surface area contributed by atoms with Gasteiger partial charge in [0.15, 0.2) is 5.96 Å². The minimum atomic E-state index is -0.0696. The molecule has 7 heteroatoms. The predicted octanol–water partition coefficient (Wildman–Crippen LogP) is 4.42. The van der Waals surface area contributed by atoms with Crippen LogP contribution in [0.2, 0.25) is 0 Å². The van der Waals surface area contributed by atoms with Gasteiger partial charge in [-0.25, -0.2) is 0 Å². The quantitative estimate of drug-likeness (QED) is 0.280. The maximum atomic E-state index is 11.2. The number of carbonyl (C=O) groups is 1. The molecular formula is C21H26BrIN4O. The van der Waals surface area contributed by atoms with Crippen molar-refractivity contribution in [1.82, 2.24) is 10.6 Å². The number of amides is 1. The molecule has 0 aliphatic heterocycles. The van der Waals surface area contributed by atoms with Gasteiger partial charge in [-0.15, -0.1) is 24.0 Å². The summed E-state index contributed by atoms with van der Waals surface area (Å²) in [6.45, 7) is 3.00. The van der Waals surface area contributed by atoms with Gasteiger partial charge in [-0.05, 0) is 48.2 Å². The van der Waals surface area contributed by atoms with Crippen LogP contribution in [0, 0.1) is 0 Å². The highest BCUT2D eigenvalue weighted by Crippen LogP contribution is 2.48. The van der Waals surface area contributed by atoms with Gasteiger partial charge in [-0.1, -0.05) is 40.2 Å². The van der Waals surface area contributed by atoms with Crippen LogP contribution in [-0.4, -0.2) is 25.5 Å². The fourth-order valence-corrected chi connectivity index (χ4v) is 3.56. The van der Waals surface area contributed by atoms with Gasteiger partial charge < -0.3 is 16.0 Å². The molecule has 1 fully saturated rings. The number of nitrogens with one attached hydrogen (secondary N) is 3. The molecule has 2 aromatic carbocycles. The Morgan fingerprint density at radius 3 is 2.54 bits per heavy atom. The first-order valence-corrected chi connectivity index (χ1v) is 9.87. The van der Waals surface area contributed by atoms with Crippen molar-refractivity contribution in [2.75, 3.05) is 18.9 Å². The Morgan fingerprint density at radius 2 is 1.89 bits per heavy atom. The normalized spacial score (nSPS) is 14.6. The Labute approximate surface area is 191 Å². The lowest BCUT2D eigenvalue weighted by Crippen LogP contribution is -2.40. The van der Waals surface area contributed by atoms with Crippen molar-refractivity contribution in [3.8, 4) is 0 Å². The number of nitrogens with zero attached hydrogens (tertiary/aromatic N) is 1. The number of hydrogen-bond acceptors (Lipinski definition) is 2. The van der Waals surface area contributed by atoms with Crippen molar-refractivity contribution in [2.24, 2.45) is 4.99 Å². The highest BCUT2D eigenvalue weighted by molar-refractivity contribution is 14.0. The van der Waals surface area contributed by atoms with E-state index < -0.39 is 0 Å². The van der Waals surface area contributed by atoms with Crippen LogP contribution in [0.4, 0.5) is 5.69 Å². The van der Waals surface area contributed by atoms with Crippen LogP contribution >= 0.6 is 39.9 Å². The fraction of sp³-hybridized carbons (Fsp3) is 0.333. The van der Waals surface area contributed by atoms with Gasteiger partial charge in [0.2, 0.25) is 5.91 Å². The second-order valence-corrected chi connectivity index (χ2v) is 7.87. The van der Waals surface area contributed by atoms with Crippen molar-refractivity contribution in [3.05, 3.63) is 64.1 Å². The Hall–Kier alpha value is -1.61. The maximum absolute atomic E-state index is 11.2. The summed E-state index contributed by atoms with van der Waals surface area (Å²) in [6.07, 6.45) is 2.37. The first-order chi connectivity index (χ1) is 13.0. The van der Waals surface area contributed by atoms with Crippen LogP contribution in [0.15, 0.2) is 58.0 Å². The average molecular weight is 557 g/mol. The zero-order chi connectivity index (χ0) is 19.3. The van der Waals surface area contributed by atoms with Crippen LogP contribution in [0.25, 0.3) is 0 Å². The first kappa shape index (κ1) is 22.7. The van der Waals surface area contributed by atoms with Crippen LogP contribution in [-0.2, 0) is 16.8 Å². The Bertz CT molecular complexity index is 852. The van der Waals surface area contributed by atoms with Crippen LogP contribution < -0.4 is 16.0 Å². The second kappa shape index (κ2) is 10.2. The third-order valence-electron chi connectivity index (χ3n) is 4.82. The van der Waals surface area contributed by atoms with E-state index in [4.69, 9.17) is 0 Å². The van der Waals surface area contributed by atoms with Crippen molar-refractivity contribution >= 4 is 57.5 Å². The van der Waals surface area contributed by atoms with E-state index in [1.165, 1.54) is 25.3 Å². The molecule has 0 bridgehead atoms. The number of halogens is 2. The van der Waals surface area contributed by atoms with E-state index in [1.54, 1.807) is 7.05 Å². The Kier molecular flexibility index (Phi) is 8.30. The molecule has 0 atom stereocenters. The molecule has 1 aliphatic rings. The Morgan fingerprint density at radius 1 is 1.14 bits per heavy atom. The predicted molar refractivity (Wildman–Crippen MR) is 129 cm³/mol. The molecular weight excluding hydrogens is 531 g/mol. The molecule has 0 saturated heterocycles. The first-order valence-electron chi connectivity index (χ1n) is 9.08. The maximum Gasteiger partial charge on any atom is 0.221 e. The summed E-state index contributed by atoms with van der Waals surface area (Å²) in [5.41, 5.74) is 3.45. The van der Waals surface area contributed by atoms with E-state index in [0.29, 0.717) is 6.54 Å². The van der Waals surface area contributed by atoms with Crippen molar-refractivity contribution in [1.29, 1.82) is 0 Å². The van der Waals surface area contributed by atoms with Gasteiger partial charge in [-0.3, -0.25) is 9.79 Å². The van der Waals surface area contributed by atoms with Gasteiger partial charge in [0.05, 0.1) is 0 Å². The van der Waals surface area contributed by atoms with Gasteiger partial charge in [-0.2, -0.15) is 0 Å². The highest BCUT2D eigenvalue weighted by atomic mass is 127. The van der Waals surface area contributed by atoms with Gasteiger partial charge in [0.25, 0.3) is 0 Å². The van der Waals surface area contributed by atoms with Crippen molar-refractivity contribution in [2.45, 2.75) is 31.7 Å². The van der Waals surface area contributed by atoms with E-state index in [9.17, 15) is 4.79 Å². The van der Waals surface area contributed by atoms with Gasteiger partial charge >= 0.3 is 0 Å². The minimum Gasteiger partial charge on any atom is -0.356 e. The largest absolute Gasteiger partial charge is 0.356 e. The molecule has 0 spiro atoms. The number of rotatable bonds is 6. The summed E-state index contributed by atoms with van der Waals surface area (Å²) in [5.74, 6) is 0.709. The molecule has 1 aliphatic carbocycles. The molecule has 0 aromatic heterocycles. The van der Waals surface area contributed by atoms with E-state index in [1.807, 2.05) is 24.3 Å². The zero-order valence-electron chi connectivity index (χ0n) is 16.1. The topological polar surface area (TPSA) is 65.5 Å². The van der Waals surface area contributed by atoms with E-state index >= 15 is 0 Å². The summed E-state index contributed by atoms with van der Waals surface area (Å²) >= 11 is 3.56. The van der Waals surface area contributed by atoms with Crippen LogP contribution in [0.1, 0.15) is 30.9 Å². The number of hydrogen-bond donors (Lipinski definition) is 3. The third-order valence-corrected chi connectivity index (χ3v) is 5.31. The molecule has 2 aromatic rings. The third kappa shape index (κ3) is 6.20. The van der Waals surface area contributed by atoms with E-state index in [-0.39, 0.29) is 35.3 Å². The summed E-state index contributed by atoms with van der Waals surface area (Å²) in [7, 11) is 1.78. The lowest BCUT2D eigenvalue weighted by molar-refractivity contribution is -0.114. The molecule has 1 amide bonds. The van der Waals surface area contributed by atoms with E-state index in [0.717, 1.165) is 28.2 Å². The number of anilines is 1. The summed E-state index contributed by atoms with van der Waals surface area (Å²) in [6, 6.07) is 16.4. The molecule has 0 unspecified atom stereocenters. The lowest BCUT2D eigenvalue weighted by Gasteiger charge is -2.19. The number of aliphatic imine (C=N–C) groups is 1. The monoisotopic (exact) mass is 556 g/mol. The molecule has 5 nitrogen and oxygen atoms in total. The Balaban J connectivity index is 0.00000280. The highest BCUT2D eigenvalue weighted by Gasteiger charge is 2.44. The molecule has 0 radical (unpaired) electrons. The van der Waals surface area contributed by atoms with Crippen molar-refractivity contribution in [3.63, 3.8) is 0 Å². The lowest BCUT2D eigenvalue weighted by atomic mass is 9.96. The smallest absolute Gasteiger partial charge is 0.221 e. The number of guanidine groups is 1. The number of benzene rings is 2. The molecule has 1 saturated carbocycles. The summed E-state index contributed by atoms with van der Waals surface area (Å²) < 4.78 is 1.12. The molecule has 28 heavy (non-hydrogen) atoms. The van der Waals surface area contributed by atoms with Gasteiger partial charge in [0.1, 0.15) is 0 Å². The van der Waals surface area contributed by atoms with Gasteiger partial charge in [0, 0.05) is 42.6 Å². The fourth-order valence-electron chi connectivity index (χ4n) is 3.16. The molecule has 3 rings (SSSR count). The molecule has 150 valence electrons. The molecule has 0 heterocycles. The summed E-state index contributed by atoms with van der Waals surface area (Å²) in [4.78, 5) is 15.5. The second-order valence-electron chi connectivity index (χ2n) is 6.95.